The number of amides is 1. The maximum atomic E-state index is 12.4. The Morgan fingerprint density at radius 2 is 1.95 bits per heavy atom. The summed E-state index contributed by atoms with van der Waals surface area (Å²) in [4.78, 5) is 35.1. The first-order valence-electron chi connectivity index (χ1n) is 6.62. The van der Waals surface area contributed by atoms with Gasteiger partial charge in [0.1, 0.15) is 0 Å². The smallest absolute Gasteiger partial charge is 0.309 e. The van der Waals surface area contributed by atoms with Gasteiger partial charge < -0.3 is 10.1 Å². The lowest BCUT2D eigenvalue weighted by molar-refractivity contribution is -0.144. The Bertz CT molecular complexity index is 553. The van der Waals surface area contributed by atoms with E-state index in [0.717, 1.165) is 0 Å². The molecule has 2 atom stereocenters. The van der Waals surface area contributed by atoms with Gasteiger partial charge in [-0.3, -0.25) is 14.4 Å². The molecule has 1 aliphatic carbocycles. The predicted octanol–water partition coefficient (Wildman–Crippen LogP) is 2.03. The Morgan fingerprint density at radius 1 is 1.25 bits per heavy atom. The van der Waals surface area contributed by atoms with Gasteiger partial charge >= 0.3 is 5.97 Å². The number of ketones is 1. The number of esters is 1. The highest BCUT2D eigenvalue weighted by molar-refractivity contribution is 6.08. The molecule has 0 aromatic heterocycles. The fourth-order valence-electron chi connectivity index (χ4n) is 2.19. The SMILES string of the molecule is CCOC(=O)C1CC1C(=O)c1ccccc1NC(C)=O. The van der Waals surface area contributed by atoms with Crippen molar-refractivity contribution in [1.29, 1.82) is 0 Å². The number of para-hydroxylation sites is 1. The van der Waals surface area contributed by atoms with E-state index in [1.807, 2.05) is 0 Å². The molecular weight excluding hydrogens is 258 g/mol. The third-order valence-corrected chi connectivity index (χ3v) is 3.22. The van der Waals surface area contributed by atoms with E-state index in [4.69, 9.17) is 4.74 Å². The molecule has 5 heteroatoms. The van der Waals surface area contributed by atoms with Crippen LogP contribution in [0.3, 0.4) is 0 Å². The molecule has 106 valence electrons. The predicted molar refractivity (Wildman–Crippen MR) is 73.3 cm³/mol. The van der Waals surface area contributed by atoms with Crippen LogP contribution in [0, 0.1) is 11.8 Å². The fraction of sp³-hybridized carbons (Fsp3) is 0.400. The lowest BCUT2D eigenvalue weighted by Crippen LogP contribution is -2.15. The molecule has 1 fully saturated rings. The zero-order chi connectivity index (χ0) is 14.7. The van der Waals surface area contributed by atoms with Gasteiger partial charge in [-0.15, -0.1) is 0 Å². The second kappa shape index (κ2) is 5.86. The van der Waals surface area contributed by atoms with Crippen LogP contribution in [0.25, 0.3) is 0 Å². The van der Waals surface area contributed by atoms with Crippen LogP contribution in [0.1, 0.15) is 30.6 Å². The van der Waals surface area contributed by atoms with Crippen molar-refractivity contribution in [1.82, 2.24) is 0 Å². The molecule has 0 radical (unpaired) electrons. The number of nitrogens with one attached hydrogen (secondary N) is 1. The highest BCUT2D eigenvalue weighted by Gasteiger charge is 2.49. The average Bonchev–Trinajstić information content (AvgIpc) is 3.18. The normalized spacial score (nSPS) is 20.1. The van der Waals surface area contributed by atoms with Gasteiger partial charge in [0.05, 0.1) is 18.2 Å². The summed E-state index contributed by atoms with van der Waals surface area (Å²) in [6.45, 7) is 3.45. The summed E-state index contributed by atoms with van der Waals surface area (Å²) >= 11 is 0. The van der Waals surface area contributed by atoms with Crippen LogP contribution in [0.15, 0.2) is 24.3 Å². The standard InChI is InChI=1S/C15H17NO4/c1-3-20-15(19)12-8-11(12)14(18)10-6-4-5-7-13(10)16-9(2)17/h4-7,11-12H,3,8H2,1-2H3,(H,16,17). The number of Topliss-reactive ketones (excluding diaryl/α,β-unsaturated/α-hetero) is 1. The van der Waals surface area contributed by atoms with Crippen LogP contribution in [0.2, 0.25) is 0 Å². The van der Waals surface area contributed by atoms with Gasteiger partial charge in [0.25, 0.3) is 0 Å². The third kappa shape index (κ3) is 3.04. The summed E-state index contributed by atoms with van der Waals surface area (Å²) in [6.07, 6.45) is 0.520. The molecule has 1 N–H and O–H groups in total. The number of carbonyl (C=O) groups excluding carboxylic acids is 3. The molecule has 5 nitrogen and oxygen atoms in total. The molecule has 20 heavy (non-hydrogen) atoms. The molecule has 1 amide bonds. The van der Waals surface area contributed by atoms with Gasteiger partial charge in [0.2, 0.25) is 5.91 Å². The molecule has 1 aromatic carbocycles. The van der Waals surface area contributed by atoms with Crippen molar-refractivity contribution < 1.29 is 19.1 Å². The highest BCUT2D eigenvalue weighted by atomic mass is 16.5. The summed E-state index contributed by atoms with van der Waals surface area (Å²) in [5.74, 6) is -1.34. The van der Waals surface area contributed by atoms with Gasteiger partial charge in [0.15, 0.2) is 5.78 Å². The van der Waals surface area contributed by atoms with Crippen molar-refractivity contribution in [3.05, 3.63) is 29.8 Å². The average molecular weight is 275 g/mol. The molecule has 1 saturated carbocycles. The quantitative estimate of drug-likeness (QED) is 0.659. The van der Waals surface area contributed by atoms with Crippen molar-refractivity contribution >= 4 is 23.3 Å². The van der Waals surface area contributed by atoms with Crippen molar-refractivity contribution in [2.45, 2.75) is 20.3 Å². The minimum atomic E-state index is -0.340. The highest BCUT2D eigenvalue weighted by Crippen LogP contribution is 2.42. The van der Waals surface area contributed by atoms with Crippen LogP contribution in [-0.2, 0) is 14.3 Å². The largest absolute Gasteiger partial charge is 0.466 e. The summed E-state index contributed by atoms with van der Waals surface area (Å²) < 4.78 is 4.92. The number of benzene rings is 1. The molecule has 1 aromatic rings. The lowest BCUT2D eigenvalue weighted by Gasteiger charge is -2.08. The van der Waals surface area contributed by atoms with Gasteiger partial charge in [-0.25, -0.2) is 0 Å². The molecule has 2 rings (SSSR count). The van der Waals surface area contributed by atoms with E-state index in [2.05, 4.69) is 5.32 Å². The van der Waals surface area contributed by atoms with Gasteiger partial charge in [0, 0.05) is 18.4 Å². The van der Waals surface area contributed by atoms with E-state index in [1.165, 1.54) is 6.92 Å². The number of ether oxygens (including phenoxy) is 1. The Balaban J connectivity index is 2.11. The zero-order valence-electron chi connectivity index (χ0n) is 11.5. The first-order chi connectivity index (χ1) is 9.54. The number of rotatable bonds is 5. The van der Waals surface area contributed by atoms with Crippen molar-refractivity contribution in [3.63, 3.8) is 0 Å². The van der Waals surface area contributed by atoms with Crippen molar-refractivity contribution in [2.75, 3.05) is 11.9 Å². The first-order valence-corrected chi connectivity index (χ1v) is 6.62. The van der Waals surface area contributed by atoms with Crippen LogP contribution in [0.4, 0.5) is 5.69 Å². The number of carbonyl (C=O) groups is 3. The second-order valence-corrected chi connectivity index (χ2v) is 4.79. The summed E-state index contributed by atoms with van der Waals surface area (Å²) in [5.41, 5.74) is 0.930. The monoisotopic (exact) mass is 275 g/mol. The van der Waals surface area contributed by atoms with E-state index < -0.39 is 0 Å². The first kappa shape index (κ1) is 14.2. The molecule has 0 saturated heterocycles. The molecule has 2 unspecified atom stereocenters. The minimum Gasteiger partial charge on any atom is -0.466 e. The maximum Gasteiger partial charge on any atom is 0.309 e. The minimum absolute atomic E-state index is 0.118. The Labute approximate surface area is 117 Å². The fourth-order valence-corrected chi connectivity index (χ4v) is 2.19. The Hall–Kier alpha value is -2.17. The van der Waals surface area contributed by atoms with Crippen molar-refractivity contribution in [3.8, 4) is 0 Å². The summed E-state index contributed by atoms with van der Waals surface area (Å²) in [6, 6.07) is 6.82. The third-order valence-electron chi connectivity index (χ3n) is 3.22. The number of hydrogen-bond acceptors (Lipinski definition) is 4. The van der Waals surface area contributed by atoms with Crippen LogP contribution >= 0.6 is 0 Å². The molecule has 0 bridgehead atoms. The van der Waals surface area contributed by atoms with Gasteiger partial charge in [-0.05, 0) is 25.5 Å². The summed E-state index contributed by atoms with van der Waals surface area (Å²) in [5, 5.41) is 2.63. The van der Waals surface area contributed by atoms with Crippen LogP contribution < -0.4 is 5.32 Å². The Kier molecular flexibility index (Phi) is 4.17. The lowest BCUT2D eigenvalue weighted by atomic mass is 10.0. The second-order valence-electron chi connectivity index (χ2n) is 4.79. The molecule has 0 aliphatic heterocycles. The number of hydrogen-bond donors (Lipinski definition) is 1. The molecule has 0 spiro atoms. The van der Waals surface area contributed by atoms with Gasteiger partial charge in [-0.1, -0.05) is 12.1 Å². The number of anilines is 1. The topological polar surface area (TPSA) is 72.5 Å². The van der Waals surface area contributed by atoms with Crippen LogP contribution in [-0.4, -0.2) is 24.3 Å². The van der Waals surface area contributed by atoms with E-state index in [1.54, 1.807) is 31.2 Å². The Morgan fingerprint density at radius 3 is 2.60 bits per heavy atom. The van der Waals surface area contributed by atoms with Crippen molar-refractivity contribution in [2.24, 2.45) is 11.8 Å². The zero-order valence-corrected chi connectivity index (χ0v) is 11.5. The maximum absolute atomic E-state index is 12.4. The van der Waals surface area contributed by atoms with E-state index in [-0.39, 0.29) is 29.5 Å². The summed E-state index contributed by atoms with van der Waals surface area (Å²) in [7, 11) is 0. The van der Waals surface area contributed by atoms with E-state index >= 15 is 0 Å². The molecule has 1 aliphatic rings. The van der Waals surface area contributed by atoms with Crippen LogP contribution in [0.5, 0.6) is 0 Å². The molecule has 0 heterocycles. The van der Waals surface area contributed by atoms with Gasteiger partial charge in [-0.2, -0.15) is 0 Å². The van der Waals surface area contributed by atoms with E-state index in [0.29, 0.717) is 24.3 Å². The van der Waals surface area contributed by atoms with E-state index in [9.17, 15) is 14.4 Å². The molecular formula is C15H17NO4.